The molecule has 1 amide bonds. The van der Waals surface area contributed by atoms with E-state index in [1.54, 1.807) is 0 Å². The van der Waals surface area contributed by atoms with Crippen molar-refractivity contribution in [3.8, 4) is 11.5 Å². The van der Waals surface area contributed by atoms with E-state index in [9.17, 15) is 15.0 Å². The summed E-state index contributed by atoms with van der Waals surface area (Å²) in [5.41, 5.74) is 0.129. The Bertz CT molecular complexity index is 431. The van der Waals surface area contributed by atoms with Gasteiger partial charge in [-0.15, -0.1) is 0 Å². The number of phenolic OH excluding ortho intramolecular Hbond substituents is 2. The fourth-order valence-electron chi connectivity index (χ4n) is 2.31. The third kappa shape index (κ3) is 2.70. The van der Waals surface area contributed by atoms with Gasteiger partial charge in [0.05, 0.1) is 5.56 Å². The number of carbonyl (C=O) groups is 1. The lowest BCUT2D eigenvalue weighted by atomic mass is 10.1. The first-order valence-electron chi connectivity index (χ1n) is 5.89. The molecule has 92 valence electrons. The second kappa shape index (κ2) is 4.65. The van der Waals surface area contributed by atoms with Gasteiger partial charge in [0, 0.05) is 6.04 Å². The zero-order valence-electron chi connectivity index (χ0n) is 9.81. The number of benzene rings is 1. The standard InChI is InChI=1S/C13H17NO3/c1-8-2-3-9(6-8)14-13(17)11-7-10(15)4-5-12(11)16/h4-5,7-9,15-16H,2-3,6H2,1H3,(H,14,17). The van der Waals surface area contributed by atoms with E-state index in [4.69, 9.17) is 0 Å². The molecule has 1 aromatic carbocycles. The molecule has 2 rings (SSSR count). The molecule has 17 heavy (non-hydrogen) atoms. The summed E-state index contributed by atoms with van der Waals surface area (Å²) >= 11 is 0. The Labute approximate surface area is 100 Å². The molecule has 1 aliphatic rings. The quantitative estimate of drug-likeness (QED) is 0.687. The Morgan fingerprint density at radius 1 is 1.35 bits per heavy atom. The average molecular weight is 235 g/mol. The summed E-state index contributed by atoms with van der Waals surface area (Å²) in [4.78, 5) is 11.9. The van der Waals surface area contributed by atoms with Crippen LogP contribution in [-0.4, -0.2) is 22.2 Å². The van der Waals surface area contributed by atoms with Crippen LogP contribution in [0.1, 0.15) is 36.5 Å². The van der Waals surface area contributed by atoms with Gasteiger partial charge in [-0.2, -0.15) is 0 Å². The minimum atomic E-state index is -0.322. The first kappa shape index (κ1) is 11.8. The molecule has 0 saturated heterocycles. The highest BCUT2D eigenvalue weighted by Gasteiger charge is 2.24. The van der Waals surface area contributed by atoms with Gasteiger partial charge in [0.2, 0.25) is 0 Å². The van der Waals surface area contributed by atoms with Crippen LogP contribution >= 0.6 is 0 Å². The Balaban J connectivity index is 2.06. The highest BCUT2D eigenvalue weighted by atomic mass is 16.3. The highest BCUT2D eigenvalue weighted by molar-refractivity contribution is 5.97. The van der Waals surface area contributed by atoms with Crippen molar-refractivity contribution in [1.82, 2.24) is 5.32 Å². The molecule has 0 aromatic heterocycles. The van der Waals surface area contributed by atoms with Crippen LogP contribution in [0.25, 0.3) is 0 Å². The van der Waals surface area contributed by atoms with Crippen LogP contribution in [0.5, 0.6) is 11.5 Å². The number of amides is 1. The van der Waals surface area contributed by atoms with E-state index >= 15 is 0 Å². The Hall–Kier alpha value is -1.71. The lowest BCUT2D eigenvalue weighted by Gasteiger charge is -2.13. The lowest BCUT2D eigenvalue weighted by Crippen LogP contribution is -2.32. The van der Waals surface area contributed by atoms with Crippen LogP contribution in [-0.2, 0) is 0 Å². The van der Waals surface area contributed by atoms with Gasteiger partial charge in [-0.05, 0) is 43.4 Å². The molecular formula is C13H17NO3. The average Bonchev–Trinajstić information content (AvgIpc) is 2.67. The number of nitrogens with one attached hydrogen (secondary N) is 1. The fourth-order valence-corrected chi connectivity index (χ4v) is 2.31. The molecule has 0 aliphatic heterocycles. The molecule has 4 nitrogen and oxygen atoms in total. The van der Waals surface area contributed by atoms with Crippen LogP contribution in [0.4, 0.5) is 0 Å². The monoisotopic (exact) mass is 235 g/mol. The number of phenols is 2. The number of hydrogen-bond donors (Lipinski definition) is 3. The van der Waals surface area contributed by atoms with Gasteiger partial charge in [-0.1, -0.05) is 6.92 Å². The zero-order valence-corrected chi connectivity index (χ0v) is 9.81. The summed E-state index contributed by atoms with van der Waals surface area (Å²) in [6.45, 7) is 2.16. The first-order valence-corrected chi connectivity index (χ1v) is 5.89. The van der Waals surface area contributed by atoms with E-state index in [-0.39, 0.29) is 29.0 Å². The largest absolute Gasteiger partial charge is 0.508 e. The SMILES string of the molecule is CC1CCC(NC(=O)c2cc(O)ccc2O)C1. The van der Waals surface area contributed by atoms with Crippen LogP contribution in [0.3, 0.4) is 0 Å². The van der Waals surface area contributed by atoms with Crippen LogP contribution in [0.2, 0.25) is 0 Å². The van der Waals surface area contributed by atoms with Gasteiger partial charge in [0.1, 0.15) is 11.5 Å². The molecule has 3 N–H and O–H groups in total. The molecular weight excluding hydrogens is 218 g/mol. The van der Waals surface area contributed by atoms with Crippen molar-refractivity contribution in [3.05, 3.63) is 23.8 Å². The summed E-state index contributed by atoms with van der Waals surface area (Å²) in [6.07, 6.45) is 3.08. The maximum Gasteiger partial charge on any atom is 0.255 e. The van der Waals surface area contributed by atoms with Crippen LogP contribution < -0.4 is 5.32 Å². The minimum absolute atomic E-state index is 0.0206. The zero-order chi connectivity index (χ0) is 12.4. The van der Waals surface area contributed by atoms with Crippen molar-refractivity contribution in [2.24, 2.45) is 5.92 Å². The maximum absolute atomic E-state index is 11.9. The molecule has 1 saturated carbocycles. The fraction of sp³-hybridized carbons (Fsp3) is 0.462. The topological polar surface area (TPSA) is 69.6 Å². The van der Waals surface area contributed by atoms with Crippen molar-refractivity contribution in [1.29, 1.82) is 0 Å². The summed E-state index contributed by atoms with van der Waals surface area (Å²) in [7, 11) is 0. The predicted octanol–water partition coefficient (Wildman–Crippen LogP) is 2.02. The molecule has 2 unspecified atom stereocenters. The molecule has 0 radical (unpaired) electrons. The van der Waals surface area contributed by atoms with Crippen molar-refractivity contribution in [3.63, 3.8) is 0 Å². The van der Waals surface area contributed by atoms with Crippen molar-refractivity contribution in [2.75, 3.05) is 0 Å². The Morgan fingerprint density at radius 3 is 2.76 bits per heavy atom. The number of hydrogen-bond acceptors (Lipinski definition) is 3. The molecule has 0 spiro atoms. The molecule has 1 aromatic rings. The Kier molecular flexibility index (Phi) is 3.22. The van der Waals surface area contributed by atoms with E-state index < -0.39 is 0 Å². The number of aromatic hydroxyl groups is 2. The van der Waals surface area contributed by atoms with Crippen molar-refractivity contribution < 1.29 is 15.0 Å². The van der Waals surface area contributed by atoms with Crippen molar-refractivity contribution in [2.45, 2.75) is 32.2 Å². The predicted molar refractivity (Wildman–Crippen MR) is 64.0 cm³/mol. The second-order valence-corrected chi connectivity index (χ2v) is 4.79. The molecule has 2 atom stereocenters. The van der Waals surface area contributed by atoms with Crippen LogP contribution in [0, 0.1) is 5.92 Å². The molecule has 0 bridgehead atoms. The molecule has 1 fully saturated rings. The molecule has 1 aliphatic carbocycles. The molecule has 4 heteroatoms. The van der Waals surface area contributed by atoms with Crippen LogP contribution in [0.15, 0.2) is 18.2 Å². The smallest absolute Gasteiger partial charge is 0.255 e. The van der Waals surface area contributed by atoms with Gasteiger partial charge in [-0.25, -0.2) is 0 Å². The minimum Gasteiger partial charge on any atom is -0.508 e. The van der Waals surface area contributed by atoms with E-state index in [1.807, 2.05) is 0 Å². The summed E-state index contributed by atoms with van der Waals surface area (Å²) < 4.78 is 0. The normalized spacial score (nSPS) is 23.6. The summed E-state index contributed by atoms with van der Waals surface area (Å²) in [5.74, 6) is 0.189. The third-order valence-corrected chi connectivity index (χ3v) is 3.25. The van der Waals surface area contributed by atoms with Gasteiger partial charge >= 0.3 is 0 Å². The van der Waals surface area contributed by atoms with Gasteiger partial charge < -0.3 is 15.5 Å². The number of rotatable bonds is 2. The van der Waals surface area contributed by atoms with E-state index in [2.05, 4.69) is 12.2 Å². The van der Waals surface area contributed by atoms with E-state index in [1.165, 1.54) is 18.2 Å². The first-order chi connectivity index (χ1) is 8.06. The summed E-state index contributed by atoms with van der Waals surface area (Å²) in [6, 6.07) is 4.13. The van der Waals surface area contributed by atoms with E-state index in [0.717, 1.165) is 19.3 Å². The Morgan fingerprint density at radius 2 is 2.12 bits per heavy atom. The van der Waals surface area contributed by atoms with Gasteiger partial charge in [0.25, 0.3) is 5.91 Å². The van der Waals surface area contributed by atoms with Crippen molar-refractivity contribution >= 4 is 5.91 Å². The molecule has 0 heterocycles. The number of carbonyl (C=O) groups excluding carboxylic acids is 1. The maximum atomic E-state index is 11.9. The second-order valence-electron chi connectivity index (χ2n) is 4.79. The lowest BCUT2D eigenvalue weighted by molar-refractivity contribution is 0.0934. The van der Waals surface area contributed by atoms with Gasteiger partial charge in [-0.3, -0.25) is 4.79 Å². The third-order valence-electron chi connectivity index (χ3n) is 3.25. The highest BCUT2D eigenvalue weighted by Crippen LogP contribution is 2.26. The van der Waals surface area contributed by atoms with Gasteiger partial charge in [0.15, 0.2) is 0 Å². The van der Waals surface area contributed by atoms with E-state index in [0.29, 0.717) is 5.92 Å². The summed E-state index contributed by atoms with van der Waals surface area (Å²) in [5, 5.41) is 21.7.